The molecule has 0 atom stereocenters. The van der Waals surface area contributed by atoms with Gasteiger partial charge in [-0.1, -0.05) is 0 Å². The second-order valence-electron chi connectivity index (χ2n) is 3.69. The zero-order chi connectivity index (χ0) is 12.1. The number of hydrogen-bond acceptors (Lipinski definition) is 4. The van der Waals surface area contributed by atoms with E-state index in [2.05, 4.69) is 15.4 Å². The van der Waals surface area contributed by atoms with E-state index in [4.69, 9.17) is 4.74 Å². The number of hydrogen-bond donors (Lipinski definition) is 1. The molecule has 0 aliphatic rings. The maximum Gasteiger partial charge on any atom is 0.165 e. The predicted molar refractivity (Wildman–Crippen MR) is 65.0 cm³/mol. The number of pyridine rings is 1. The van der Waals surface area contributed by atoms with E-state index in [1.54, 1.807) is 12.4 Å². The van der Waals surface area contributed by atoms with Crippen LogP contribution in [0.15, 0.2) is 30.9 Å². The van der Waals surface area contributed by atoms with Crippen molar-refractivity contribution in [3.05, 3.63) is 36.4 Å². The molecule has 0 unspecified atom stereocenters. The first-order valence-electron chi connectivity index (χ1n) is 5.60. The molecule has 0 aromatic carbocycles. The molecule has 0 radical (unpaired) electrons. The SMILES string of the molecule is CCn1cc(Oc2cncc(CNC)c2)cn1. The number of ether oxygens (including phenoxy) is 1. The molecule has 5 nitrogen and oxygen atoms in total. The first kappa shape index (κ1) is 11.6. The van der Waals surface area contributed by atoms with E-state index in [1.807, 2.05) is 37.1 Å². The van der Waals surface area contributed by atoms with Crippen molar-refractivity contribution in [1.29, 1.82) is 0 Å². The fourth-order valence-corrected chi connectivity index (χ4v) is 1.53. The zero-order valence-corrected chi connectivity index (χ0v) is 10.1. The highest BCUT2D eigenvalue weighted by molar-refractivity contribution is 5.28. The standard InChI is InChI=1S/C12H16N4O/c1-3-16-9-12(8-15-16)17-11-4-10(5-13-2)6-14-7-11/h4,6-9,13H,3,5H2,1-2H3. The van der Waals surface area contributed by atoms with Crippen LogP contribution in [-0.2, 0) is 13.1 Å². The van der Waals surface area contributed by atoms with Crippen molar-refractivity contribution in [3.63, 3.8) is 0 Å². The molecule has 2 rings (SSSR count). The predicted octanol–water partition coefficient (Wildman–Crippen LogP) is 1.81. The van der Waals surface area contributed by atoms with E-state index in [1.165, 1.54) is 0 Å². The Morgan fingerprint density at radius 2 is 2.18 bits per heavy atom. The van der Waals surface area contributed by atoms with Crippen LogP contribution in [0.2, 0.25) is 0 Å². The maximum atomic E-state index is 5.67. The molecule has 0 saturated carbocycles. The van der Waals surface area contributed by atoms with E-state index >= 15 is 0 Å². The van der Waals surface area contributed by atoms with E-state index in [0.29, 0.717) is 0 Å². The van der Waals surface area contributed by atoms with Crippen molar-refractivity contribution >= 4 is 0 Å². The van der Waals surface area contributed by atoms with Gasteiger partial charge in [0.05, 0.1) is 18.6 Å². The van der Waals surface area contributed by atoms with Crippen molar-refractivity contribution in [1.82, 2.24) is 20.1 Å². The molecule has 0 aliphatic heterocycles. The van der Waals surface area contributed by atoms with Crippen LogP contribution >= 0.6 is 0 Å². The number of nitrogens with zero attached hydrogens (tertiary/aromatic N) is 3. The second kappa shape index (κ2) is 5.45. The van der Waals surface area contributed by atoms with Gasteiger partial charge < -0.3 is 10.1 Å². The van der Waals surface area contributed by atoms with Crippen molar-refractivity contribution in [2.75, 3.05) is 7.05 Å². The fourth-order valence-electron chi connectivity index (χ4n) is 1.53. The minimum atomic E-state index is 0.730. The Labute approximate surface area is 100 Å². The topological polar surface area (TPSA) is 52.0 Å². The smallest absolute Gasteiger partial charge is 0.165 e. The van der Waals surface area contributed by atoms with Gasteiger partial charge in [0.25, 0.3) is 0 Å². The summed E-state index contributed by atoms with van der Waals surface area (Å²) in [5.41, 5.74) is 1.09. The lowest BCUT2D eigenvalue weighted by atomic mass is 10.3. The van der Waals surface area contributed by atoms with Crippen molar-refractivity contribution in [2.45, 2.75) is 20.0 Å². The molecule has 1 N–H and O–H groups in total. The average molecular weight is 232 g/mol. The molecule has 2 aromatic rings. The summed E-state index contributed by atoms with van der Waals surface area (Å²) >= 11 is 0. The van der Waals surface area contributed by atoms with Crippen LogP contribution in [0.25, 0.3) is 0 Å². The first-order valence-corrected chi connectivity index (χ1v) is 5.60. The Hall–Kier alpha value is -1.88. The summed E-state index contributed by atoms with van der Waals surface area (Å²) in [6.07, 6.45) is 7.08. The molecule has 0 bridgehead atoms. The van der Waals surface area contributed by atoms with Gasteiger partial charge in [-0.3, -0.25) is 9.67 Å². The van der Waals surface area contributed by atoms with Gasteiger partial charge in [-0.05, 0) is 25.6 Å². The Morgan fingerprint density at radius 1 is 1.29 bits per heavy atom. The van der Waals surface area contributed by atoms with Crippen molar-refractivity contribution in [2.24, 2.45) is 0 Å². The highest BCUT2D eigenvalue weighted by atomic mass is 16.5. The molecule has 0 saturated heterocycles. The van der Waals surface area contributed by atoms with E-state index in [0.717, 1.165) is 30.2 Å². The molecule has 0 spiro atoms. The molecule has 90 valence electrons. The summed E-state index contributed by atoms with van der Waals surface area (Å²) in [6, 6.07) is 1.97. The van der Waals surface area contributed by atoms with Gasteiger partial charge in [0.1, 0.15) is 5.75 Å². The number of nitrogens with one attached hydrogen (secondary N) is 1. The Balaban J connectivity index is 2.09. The number of aromatic nitrogens is 3. The third kappa shape index (κ3) is 3.04. The van der Waals surface area contributed by atoms with Crippen LogP contribution in [0.4, 0.5) is 0 Å². The second-order valence-corrected chi connectivity index (χ2v) is 3.69. The van der Waals surface area contributed by atoms with E-state index in [-0.39, 0.29) is 0 Å². The fraction of sp³-hybridized carbons (Fsp3) is 0.333. The molecule has 17 heavy (non-hydrogen) atoms. The Bertz CT molecular complexity index is 481. The van der Waals surface area contributed by atoms with E-state index < -0.39 is 0 Å². The Kier molecular flexibility index (Phi) is 3.72. The number of rotatable bonds is 5. The lowest BCUT2D eigenvalue weighted by molar-refractivity contribution is 0.478. The number of aryl methyl sites for hydroxylation is 1. The summed E-state index contributed by atoms with van der Waals surface area (Å²) in [5, 5.41) is 7.22. The molecular weight excluding hydrogens is 216 g/mol. The van der Waals surface area contributed by atoms with Crippen LogP contribution in [0, 0.1) is 0 Å². The van der Waals surface area contributed by atoms with Crippen LogP contribution in [0.3, 0.4) is 0 Å². The summed E-state index contributed by atoms with van der Waals surface area (Å²) in [6.45, 7) is 3.64. The monoisotopic (exact) mass is 232 g/mol. The highest BCUT2D eigenvalue weighted by Gasteiger charge is 2.02. The van der Waals surface area contributed by atoms with Crippen molar-refractivity contribution in [3.8, 4) is 11.5 Å². The van der Waals surface area contributed by atoms with Crippen LogP contribution in [0.5, 0.6) is 11.5 Å². The van der Waals surface area contributed by atoms with Gasteiger partial charge >= 0.3 is 0 Å². The largest absolute Gasteiger partial charge is 0.452 e. The van der Waals surface area contributed by atoms with Gasteiger partial charge in [-0.2, -0.15) is 5.10 Å². The van der Waals surface area contributed by atoms with Crippen LogP contribution in [0.1, 0.15) is 12.5 Å². The van der Waals surface area contributed by atoms with Gasteiger partial charge in [0.15, 0.2) is 5.75 Å². The Morgan fingerprint density at radius 3 is 2.88 bits per heavy atom. The normalized spacial score (nSPS) is 10.5. The molecular formula is C12H16N4O. The third-order valence-electron chi connectivity index (χ3n) is 2.32. The quantitative estimate of drug-likeness (QED) is 0.854. The van der Waals surface area contributed by atoms with Crippen LogP contribution < -0.4 is 10.1 Å². The lowest BCUT2D eigenvalue weighted by Gasteiger charge is -2.04. The molecule has 0 fully saturated rings. The summed E-state index contributed by atoms with van der Waals surface area (Å²) in [7, 11) is 1.90. The van der Waals surface area contributed by atoms with E-state index in [9.17, 15) is 0 Å². The van der Waals surface area contributed by atoms with Crippen molar-refractivity contribution < 1.29 is 4.74 Å². The van der Waals surface area contributed by atoms with Gasteiger partial charge in [-0.15, -0.1) is 0 Å². The van der Waals surface area contributed by atoms with Gasteiger partial charge in [-0.25, -0.2) is 0 Å². The highest BCUT2D eigenvalue weighted by Crippen LogP contribution is 2.20. The molecule has 0 amide bonds. The molecule has 2 heterocycles. The molecule has 0 aliphatic carbocycles. The van der Waals surface area contributed by atoms with Gasteiger partial charge in [0.2, 0.25) is 0 Å². The first-order chi connectivity index (χ1) is 8.31. The molecule has 5 heteroatoms. The third-order valence-corrected chi connectivity index (χ3v) is 2.32. The summed E-state index contributed by atoms with van der Waals surface area (Å²) in [5.74, 6) is 1.46. The minimum absolute atomic E-state index is 0.730. The summed E-state index contributed by atoms with van der Waals surface area (Å²) in [4.78, 5) is 4.13. The summed E-state index contributed by atoms with van der Waals surface area (Å²) < 4.78 is 7.49. The maximum absolute atomic E-state index is 5.67. The van der Waals surface area contributed by atoms with Crippen LogP contribution in [-0.4, -0.2) is 21.8 Å². The lowest BCUT2D eigenvalue weighted by Crippen LogP contribution is -2.05. The average Bonchev–Trinajstić information content (AvgIpc) is 2.78. The zero-order valence-electron chi connectivity index (χ0n) is 10.1. The minimum Gasteiger partial charge on any atom is -0.452 e. The molecule has 2 aromatic heterocycles. The van der Waals surface area contributed by atoms with Gasteiger partial charge in [0, 0.05) is 19.3 Å².